The molecule has 0 spiro atoms. The van der Waals surface area contributed by atoms with Crippen LogP contribution in [0.25, 0.3) is 117 Å². The van der Waals surface area contributed by atoms with Crippen LogP contribution in [-0.4, -0.2) is 14.5 Å². The molecular formula is C59H36N4O. The normalized spacial score (nSPS) is 11.4. The number of benzene rings is 9. The molecule has 0 aliphatic rings. The first-order chi connectivity index (χ1) is 31.7. The minimum absolute atomic E-state index is 0.423. The lowest BCUT2D eigenvalue weighted by atomic mass is 9.89. The first-order valence-electron chi connectivity index (χ1n) is 21.4. The summed E-state index contributed by atoms with van der Waals surface area (Å²) >= 11 is 0. The molecule has 0 radical (unpaired) electrons. The molecule has 64 heavy (non-hydrogen) atoms. The summed E-state index contributed by atoms with van der Waals surface area (Å²) < 4.78 is 9.49. The molecule has 12 rings (SSSR count). The van der Waals surface area contributed by atoms with E-state index in [1.807, 2.05) is 78.9 Å². The Balaban J connectivity index is 1.24. The van der Waals surface area contributed by atoms with Crippen molar-refractivity contribution in [1.82, 2.24) is 14.5 Å². The first-order valence-corrected chi connectivity index (χ1v) is 21.4. The van der Waals surface area contributed by atoms with Crippen molar-refractivity contribution < 1.29 is 4.42 Å². The Morgan fingerprint density at radius 1 is 0.406 bits per heavy atom. The van der Waals surface area contributed by atoms with Crippen LogP contribution in [0.4, 0.5) is 0 Å². The molecule has 0 N–H and O–H groups in total. The van der Waals surface area contributed by atoms with Crippen molar-refractivity contribution in [2.75, 3.05) is 0 Å². The van der Waals surface area contributed by atoms with Crippen LogP contribution in [0.15, 0.2) is 223 Å². The highest BCUT2D eigenvalue weighted by molar-refractivity contribution is 6.22. The number of nitriles is 1. The molecule has 0 amide bonds. The highest BCUT2D eigenvalue weighted by Gasteiger charge is 2.26. The Bertz CT molecular complexity index is 3700. The predicted octanol–water partition coefficient (Wildman–Crippen LogP) is 15.3. The van der Waals surface area contributed by atoms with Gasteiger partial charge in [-0.3, -0.25) is 0 Å². The van der Waals surface area contributed by atoms with E-state index in [2.05, 4.69) is 150 Å². The lowest BCUT2D eigenvalue weighted by molar-refractivity contribution is 0.672. The van der Waals surface area contributed by atoms with Crippen LogP contribution >= 0.6 is 0 Å². The summed E-state index contributed by atoms with van der Waals surface area (Å²) in [6.45, 7) is 0. The molecule has 0 aliphatic carbocycles. The molecule has 9 aromatic carbocycles. The van der Waals surface area contributed by atoms with Crippen LogP contribution in [0.5, 0.6) is 0 Å². The molecule has 3 aromatic heterocycles. The van der Waals surface area contributed by atoms with Gasteiger partial charge < -0.3 is 8.98 Å². The van der Waals surface area contributed by atoms with E-state index in [1.54, 1.807) is 0 Å². The van der Waals surface area contributed by atoms with Crippen molar-refractivity contribution in [3.63, 3.8) is 0 Å². The van der Waals surface area contributed by atoms with E-state index in [-0.39, 0.29) is 0 Å². The van der Waals surface area contributed by atoms with E-state index >= 15 is 0 Å². The fourth-order valence-electron chi connectivity index (χ4n) is 9.41. The van der Waals surface area contributed by atoms with E-state index in [0.717, 1.165) is 99.5 Å². The number of nitrogens with zero attached hydrogens (tertiary/aromatic N) is 4. The van der Waals surface area contributed by atoms with Gasteiger partial charge in [0.15, 0.2) is 11.4 Å². The van der Waals surface area contributed by atoms with Crippen LogP contribution in [0.1, 0.15) is 5.56 Å². The topological polar surface area (TPSA) is 67.6 Å². The molecule has 0 bridgehead atoms. The molecule has 0 saturated carbocycles. The second-order valence-electron chi connectivity index (χ2n) is 16.0. The molecule has 0 atom stereocenters. The first kappa shape index (κ1) is 37.0. The van der Waals surface area contributed by atoms with Gasteiger partial charge in [-0.1, -0.05) is 194 Å². The smallest absolute Gasteiger partial charge is 0.161 e. The zero-order chi connectivity index (χ0) is 42.6. The zero-order valence-corrected chi connectivity index (χ0v) is 34.5. The number of hydrogen-bond donors (Lipinski definition) is 0. The van der Waals surface area contributed by atoms with Gasteiger partial charge in [0, 0.05) is 55.0 Å². The molecule has 0 fully saturated rings. The molecule has 12 aromatic rings. The summed E-state index contributed by atoms with van der Waals surface area (Å²) in [6, 6.07) is 77.8. The minimum Gasteiger partial charge on any atom is -0.453 e. The van der Waals surface area contributed by atoms with Gasteiger partial charge in [-0.25, -0.2) is 9.97 Å². The maximum absolute atomic E-state index is 10.9. The SMILES string of the molecule is N#Cc1c(-c2ccccc2)nc(-c2cc(-n3c4ccccc4c4ccc5c6cccc(-c7ccccc7)c6oc5c43)cc(-c3ccccc3)c2-c2ccccc2)nc1-c1ccccc1. The van der Waals surface area contributed by atoms with Crippen LogP contribution in [-0.2, 0) is 0 Å². The third-order valence-electron chi connectivity index (χ3n) is 12.3. The Kier molecular flexibility index (Phi) is 8.81. The second-order valence-corrected chi connectivity index (χ2v) is 16.0. The largest absolute Gasteiger partial charge is 0.453 e. The van der Waals surface area contributed by atoms with Crippen molar-refractivity contribution in [3.8, 4) is 79.0 Å². The van der Waals surface area contributed by atoms with Crippen LogP contribution in [0.3, 0.4) is 0 Å². The van der Waals surface area contributed by atoms with E-state index in [1.165, 1.54) is 0 Å². The maximum Gasteiger partial charge on any atom is 0.161 e. The standard InChI is InChI=1S/C59H36N4O/c60-37-51-54(41-25-12-4-13-26-41)61-59(62-55(51)42-27-14-5-15-28-42)50-36-43(35-49(39-21-8-2-9-22-39)53(50)40-23-10-3-11-24-40)63-52-32-17-16-29-45(52)46-33-34-48-47-31-18-30-44(38-19-6-1-7-20-38)57(47)64-58(48)56(46)63/h1-36H. The van der Waals surface area contributed by atoms with Crippen molar-refractivity contribution in [3.05, 3.63) is 224 Å². The van der Waals surface area contributed by atoms with Crippen molar-refractivity contribution >= 4 is 43.7 Å². The van der Waals surface area contributed by atoms with Crippen LogP contribution in [0.2, 0.25) is 0 Å². The lowest BCUT2D eigenvalue weighted by Crippen LogP contribution is -2.04. The molecule has 5 heteroatoms. The van der Waals surface area contributed by atoms with Gasteiger partial charge in [0.2, 0.25) is 0 Å². The third-order valence-corrected chi connectivity index (χ3v) is 12.3. The molecule has 0 saturated heterocycles. The van der Waals surface area contributed by atoms with E-state index in [9.17, 15) is 5.26 Å². The fourth-order valence-corrected chi connectivity index (χ4v) is 9.41. The number of rotatable bonds is 7. The van der Waals surface area contributed by atoms with Crippen molar-refractivity contribution in [2.45, 2.75) is 0 Å². The van der Waals surface area contributed by atoms with Gasteiger partial charge in [0.25, 0.3) is 0 Å². The summed E-state index contributed by atoms with van der Waals surface area (Å²) in [4.78, 5) is 10.8. The number of hydrogen-bond acceptors (Lipinski definition) is 4. The monoisotopic (exact) mass is 816 g/mol. The van der Waals surface area contributed by atoms with Crippen molar-refractivity contribution in [1.29, 1.82) is 5.26 Å². The maximum atomic E-state index is 10.9. The average molecular weight is 817 g/mol. The van der Waals surface area contributed by atoms with Crippen molar-refractivity contribution in [2.24, 2.45) is 0 Å². The zero-order valence-electron chi connectivity index (χ0n) is 34.5. The average Bonchev–Trinajstić information content (AvgIpc) is 3.93. The highest BCUT2D eigenvalue weighted by Crippen LogP contribution is 2.46. The Labute approximate surface area is 369 Å². The van der Waals surface area contributed by atoms with Crippen LogP contribution < -0.4 is 0 Å². The van der Waals surface area contributed by atoms with Gasteiger partial charge in [-0.2, -0.15) is 5.26 Å². The summed E-state index contributed by atoms with van der Waals surface area (Å²) in [5, 5.41) is 15.2. The number of fused-ring (bicyclic) bond motifs is 7. The number of furan rings is 1. The second kappa shape index (κ2) is 15.3. The number of para-hydroxylation sites is 2. The third kappa shape index (κ3) is 6.00. The highest BCUT2D eigenvalue weighted by atomic mass is 16.3. The summed E-state index contributed by atoms with van der Waals surface area (Å²) in [5.41, 5.74) is 14.9. The van der Waals surface area contributed by atoms with Gasteiger partial charge in [0.1, 0.15) is 17.2 Å². The Morgan fingerprint density at radius 2 is 0.891 bits per heavy atom. The van der Waals surface area contributed by atoms with Gasteiger partial charge in [0.05, 0.1) is 22.4 Å². The quantitative estimate of drug-likeness (QED) is 0.161. The summed E-state index contributed by atoms with van der Waals surface area (Å²) in [5.74, 6) is 0.511. The molecule has 0 unspecified atom stereocenters. The van der Waals surface area contributed by atoms with Gasteiger partial charge in [-0.15, -0.1) is 0 Å². The lowest BCUT2D eigenvalue weighted by Gasteiger charge is -2.20. The Morgan fingerprint density at radius 3 is 1.50 bits per heavy atom. The Hall–Kier alpha value is -8.85. The van der Waals surface area contributed by atoms with Gasteiger partial charge >= 0.3 is 0 Å². The number of aromatic nitrogens is 3. The molecule has 298 valence electrons. The van der Waals surface area contributed by atoms with Gasteiger partial charge in [-0.05, 0) is 46.5 Å². The predicted molar refractivity (Wildman–Crippen MR) is 261 cm³/mol. The fraction of sp³-hybridized carbons (Fsp3) is 0. The van der Waals surface area contributed by atoms with E-state index < -0.39 is 0 Å². The van der Waals surface area contributed by atoms with Crippen LogP contribution in [0, 0.1) is 11.3 Å². The van der Waals surface area contributed by atoms with E-state index in [4.69, 9.17) is 14.4 Å². The molecule has 0 aliphatic heterocycles. The molecule has 5 nitrogen and oxygen atoms in total. The summed E-state index contributed by atoms with van der Waals surface area (Å²) in [7, 11) is 0. The summed E-state index contributed by atoms with van der Waals surface area (Å²) in [6.07, 6.45) is 0. The molecular weight excluding hydrogens is 781 g/mol. The minimum atomic E-state index is 0.423. The molecule has 3 heterocycles. The van der Waals surface area contributed by atoms with E-state index in [0.29, 0.717) is 22.8 Å².